The minimum absolute atomic E-state index is 0.0318. The van der Waals surface area contributed by atoms with Gasteiger partial charge in [0.15, 0.2) is 0 Å². The fourth-order valence-electron chi connectivity index (χ4n) is 2.36. The van der Waals surface area contributed by atoms with E-state index in [-0.39, 0.29) is 18.2 Å². The minimum Gasteiger partial charge on any atom is -0.425 e. The van der Waals surface area contributed by atoms with Crippen LogP contribution < -0.4 is 0 Å². The van der Waals surface area contributed by atoms with E-state index in [2.05, 4.69) is 6.92 Å². The summed E-state index contributed by atoms with van der Waals surface area (Å²) in [4.78, 5) is 37.0. The van der Waals surface area contributed by atoms with E-state index < -0.39 is 11.9 Å². The molecule has 122 valence electrons. The van der Waals surface area contributed by atoms with E-state index in [1.165, 1.54) is 6.08 Å². The highest BCUT2D eigenvalue weighted by molar-refractivity contribution is 6.04. The molecule has 1 aliphatic rings. The molecule has 0 saturated carbocycles. The molecule has 0 spiro atoms. The molecular formula is C18H21NO4. The molecule has 2 rings (SSSR count). The van der Waals surface area contributed by atoms with Crippen molar-refractivity contribution < 1.29 is 19.1 Å². The number of ether oxygens (including phenoxy) is 1. The normalized spacial score (nSPS) is 13.9. The summed E-state index contributed by atoms with van der Waals surface area (Å²) in [5.41, 5.74) is 0.408. The van der Waals surface area contributed by atoms with Crippen molar-refractivity contribution in [3.63, 3.8) is 0 Å². The highest BCUT2D eigenvalue weighted by Gasteiger charge is 2.29. The van der Waals surface area contributed by atoms with Crippen LogP contribution in [0.25, 0.3) is 0 Å². The number of hydrogen-bond acceptors (Lipinski definition) is 4. The molecule has 0 N–H and O–H groups in total. The van der Waals surface area contributed by atoms with Gasteiger partial charge in [-0.3, -0.25) is 14.5 Å². The van der Waals surface area contributed by atoms with Crippen LogP contribution in [0.5, 0.6) is 0 Å². The molecule has 0 aliphatic carbocycles. The smallest absolute Gasteiger partial charge is 0.343 e. The molecular weight excluding hydrogens is 294 g/mol. The van der Waals surface area contributed by atoms with E-state index in [4.69, 9.17) is 4.74 Å². The van der Waals surface area contributed by atoms with Gasteiger partial charge in [-0.2, -0.15) is 0 Å². The third-order valence-corrected chi connectivity index (χ3v) is 3.64. The first kappa shape index (κ1) is 16.9. The number of unbranched alkanes of at least 4 members (excludes halogenated alkanes) is 3. The zero-order chi connectivity index (χ0) is 16.7. The number of carbonyl (C=O) groups is 3. The molecule has 0 atom stereocenters. The van der Waals surface area contributed by atoms with Gasteiger partial charge in [-0.05, 0) is 18.6 Å². The van der Waals surface area contributed by atoms with Crippen LogP contribution in [0.15, 0.2) is 42.2 Å². The molecule has 0 fully saturated rings. The van der Waals surface area contributed by atoms with Gasteiger partial charge in [-0.15, -0.1) is 0 Å². The summed E-state index contributed by atoms with van der Waals surface area (Å²) in [6.07, 6.45) is 5.49. The van der Waals surface area contributed by atoms with Crippen molar-refractivity contribution in [3.05, 3.63) is 47.7 Å². The average Bonchev–Trinajstić information content (AvgIpc) is 2.92. The fraction of sp³-hybridized carbons (Fsp3) is 0.389. The van der Waals surface area contributed by atoms with Gasteiger partial charge in [0, 0.05) is 12.5 Å². The van der Waals surface area contributed by atoms with Gasteiger partial charge in [0.25, 0.3) is 5.91 Å². The summed E-state index contributed by atoms with van der Waals surface area (Å²) in [6.45, 7) is 2.13. The number of rotatable bonds is 7. The molecule has 0 saturated heterocycles. The molecule has 5 heteroatoms. The van der Waals surface area contributed by atoms with Gasteiger partial charge in [0.05, 0.1) is 12.1 Å². The Labute approximate surface area is 135 Å². The van der Waals surface area contributed by atoms with Crippen LogP contribution in [-0.2, 0) is 14.3 Å². The summed E-state index contributed by atoms with van der Waals surface area (Å²) >= 11 is 0. The first-order valence-electron chi connectivity index (χ1n) is 7.94. The molecule has 1 heterocycles. The number of amides is 2. The molecule has 0 bridgehead atoms. The Morgan fingerprint density at radius 1 is 1.13 bits per heavy atom. The highest BCUT2D eigenvalue weighted by atomic mass is 16.5. The molecule has 5 nitrogen and oxygen atoms in total. The van der Waals surface area contributed by atoms with Crippen LogP contribution in [0.2, 0.25) is 0 Å². The van der Waals surface area contributed by atoms with Gasteiger partial charge in [-0.1, -0.05) is 44.4 Å². The number of hydrogen-bond donors (Lipinski definition) is 0. The molecule has 2 amide bonds. The maximum Gasteiger partial charge on any atom is 0.343 e. The first-order valence-corrected chi connectivity index (χ1v) is 7.94. The van der Waals surface area contributed by atoms with Crippen molar-refractivity contribution in [1.82, 2.24) is 4.90 Å². The first-order chi connectivity index (χ1) is 11.1. The molecule has 0 aromatic heterocycles. The van der Waals surface area contributed by atoms with Crippen LogP contribution in [0.1, 0.15) is 49.4 Å². The maximum absolute atomic E-state index is 12.1. The Hall–Kier alpha value is -2.43. The molecule has 1 aliphatic heterocycles. The second-order valence-electron chi connectivity index (χ2n) is 5.49. The number of imide groups is 1. The van der Waals surface area contributed by atoms with Crippen molar-refractivity contribution in [1.29, 1.82) is 0 Å². The highest BCUT2D eigenvalue weighted by Crippen LogP contribution is 2.16. The predicted octanol–water partition coefficient (Wildman–Crippen LogP) is 3.07. The zero-order valence-electron chi connectivity index (χ0n) is 13.3. The lowest BCUT2D eigenvalue weighted by Gasteiger charge is -2.14. The van der Waals surface area contributed by atoms with Crippen LogP contribution in [-0.4, -0.2) is 29.2 Å². The van der Waals surface area contributed by atoms with E-state index in [0.717, 1.165) is 30.6 Å². The largest absolute Gasteiger partial charge is 0.425 e. The Morgan fingerprint density at radius 2 is 1.87 bits per heavy atom. The minimum atomic E-state index is -0.526. The standard InChI is InChI=1S/C18H21NO4/c1-2-3-4-8-11-16(20)19-13-15(12-17(19)21)23-18(22)14-9-6-5-7-10-14/h5-7,9-10,12H,2-4,8,11,13H2,1H3. The van der Waals surface area contributed by atoms with Crippen molar-refractivity contribution in [2.24, 2.45) is 0 Å². The average molecular weight is 315 g/mol. The number of carbonyl (C=O) groups excluding carboxylic acids is 3. The fourth-order valence-corrected chi connectivity index (χ4v) is 2.36. The van der Waals surface area contributed by atoms with Crippen LogP contribution in [0.3, 0.4) is 0 Å². The van der Waals surface area contributed by atoms with Crippen LogP contribution >= 0.6 is 0 Å². The van der Waals surface area contributed by atoms with E-state index in [1.54, 1.807) is 30.3 Å². The summed E-state index contributed by atoms with van der Waals surface area (Å²) in [5, 5.41) is 0. The lowest BCUT2D eigenvalue weighted by Crippen LogP contribution is -2.33. The lowest BCUT2D eigenvalue weighted by molar-refractivity contribution is -0.140. The van der Waals surface area contributed by atoms with Gasteiger partial charge in [0.2, 0.25) is 5.91 Å². The second-order valence-corrected chi connectivity index (χ2v) is 5.49. The third kappa shape index (κ3) is 4.77. The van der Waals surface area contributed by atoms with Crippen molar-refractivity contribution >= 4 is 17.8 Å². The number of nitrogens with zero attached hydrogens (tertiary/aromatic N) is 1. The predicted molar refractivity (Wildman–Crippen MR) is 85.4 cm³/mol. The second kappa shape index (κ2) is 8.27. The Morgan fingerprint density at radius 3 is 2.57 bits per heavy atom. The summed E-state index contributed by atoms with van der Waals surface area (Å²) in [6, 6.07) is 8.54. The quantitative estimate of drug-likeness (QED) is 0.573. The number of esters is 1. The van der Waals surface area contributed by atoms with Crippen LogP contribution in [0, 0.1) is 0 Å². The van der Waals surface area contributed by atoms with E-state index in [1.807, 2.05) is 0 Å². The van der Waals surface area contributed by atoms with E-state index in [0.29, 0.717) is 12.0 Å². The van der Waals surface area contributed by atoms with E-state index >= 15 is 0 Å². The Kier molecular flexibility index (Phi) is 6.09. The Bertz CT molecular complexity index is 607. The lowest BCUT2D eigenvalue weighted by atomic mass is 10.1. The van der Waals surface area contributed by atoms with Gasteiger partial charge >= 0.3 is 5.97 Å². The summed E-state index contributed by atoms with van der Waals surface area (Å²) in [5.74, 6) is -0.942. The van der Waals surface area contributed by atoms with Crippen LogP contribution in [0.4, 0.5) is 0 Å². The van der Waals surface area contributed by atoms with Crippen molar-refractivity contribution in [3.8, 4) is 0 Å². The van der Waals surface area contributed by atoms with Gasteiger partial charge in [-0.25, -0.2) is 4.79 Å². The summed E-state index contributed by atoms with van der Waals surface area (Å²) < 4.78 is 5.20. The monoisotopic (exact) mass is 315 g/mol. The molecule has 0 radical (unpaired) electrons. The third-order valence-electron chi connectivity index (χ3n) is 3.64. The zero-order valence-corrected chi connectivity index (χ0v) is 13.3. The topological polar surface area (TPSA) is 63.7 Å². The molecule has 1 aromatic rings. The molecule has 1 aromatic carbocycles. The van der Waals surface area contributed by atoms with Crippen molar-refractivity contribution in [2.75, 3.05) is 6.54 Å². The van der Waals surface area contributed by atoms with Crippen molar-refractivity contribution in [2.45, 2.75) is 39.0 Å². The van der Waals surface area contributed by atoms with Gasteiger partial charge < -0.3 is 4.74 Å². The van der Waals surface area contributed by atoms with Gasteiger partial charge in [0.1, 0.15) is 5.76 Å². The maximum atomic E-state index is 12.1. The molecule has 23 heavy (non-hydrogen) atoms. The number of benzene rings is 1. The molecule has 0 unspecified atom stereocenters. The Balaban J connectivity index is 1.85. The summed E-state index contributed by atoms with van der Waals surface area (Å²) in [7, 11) is 0. The van der Waals surface area contributed by atoms with E-state index in [9.17, 15) is 14.4 Å². The SMILES string of the molecule is CCCCCCC(=O)N1CC(OC(=O)c2ccccc2)=CC1=O.